The Kier molecular flexibility index (Phi) is 5.35. The van der Waals surface area contributed by atoms with Crippen molar-refractivity contribution in [1.82, 2.24) is 14.8 Å². The summed E-state index contributed by atoms with van der Waals surface area (Å²) < 4.78 is 6.61. The van der Waals surface area contributed by atoms with Crippen LogP contribution in [0, 0.1) is 0 Å². The van der Waals surface area contributed by atoms with E-state index >= 15 is 0 Å². The molecule has 1 aromatic heterocycles. The highest BCUT2D eigenvalue weighted by Crippen LogP contribution is 2.23. The van der Waals surface area contributed by atoms with E-state index in [1.807, 2.05) is 35.9 Å². The largest absolute Gasteiger partial charge is 0.469 e. The molecule has 0 saturated heterocycles. The van der Waals surface area contributed by atoms with E-state index in [2.05, 4.69) is 10.2 Å². The van der Waals surface area contributed by atoms with Gasteiger partial charge in [-0.15, -0.1) is 10.2 Å². The summed E-state index contributed by atoms with van der Waals surface area (Å²) in [6.07, 6.45) is 0.278. The number of aromatic nitrogens is 3. The lowest BCUT2D eigenvalue weighted by Gasteiger charge is -2.08. The number of carbonyl (C=O) groups is 1. The van der Waals surface area contributed by atoms with Gasteiger partial charge in [0.25, 0.3) is 0 Å². The quantitative estimate of drug-likeness (QED) is 0.639. The van der Waals surface area contributed by atoms with Crippen molar-refractivity contribution in [2.45, 2.75) is 23.9 Å². The molecule has 0 aliphatic rings. The molecule has 1 heterocycles. The summed E-state index contributed by atoms with van der Waals surface area (Å²) in [5.41, 5.74) is 7.64. The molecule has 1 aromatic carbocycles. The topological polar surface area (TPSA) is 83.0 Å². The van der Waals surface area contributed by atoms with E-state index < -0.39 is 0 Å². The molecule has 0 bridgehead atoms. The highest BCUT2D eigenvalue weighted by molar-refractivity contribution is 7.98. The molecule has 0 unspecified atom stereocenters. The van der Waals surface area contributed by atoms with E-state index in [0.29, 0.717) is 12.3 Å². The molecule has 2 rings (SSSR count). The second kappa shape index (κ2) is 7.24. The van der Waals surface area contributed by atoms with Gasteiger partial charge in [-0.05, 0) is 11.1 Å². The van der Waals surface area contributed by atoms with Crippen molar-refractivity contribution in [3.63, 3.8) is 0 Å². The van der Waals surface area contributed by atoms with Crippen LogP contribution in [-0.2, 0) is 35.3 Å². The average molecular weight is 306 g/mol. The first-order valence-electron chi connectivity index (χ1n) is 6.50. The number of hydrogen-bond donors (Lipinski definition) is 1. The van der Waals surface area contributed by atoms with Gasteiger partial charge in [0.1, 0.15) is 5.82 Å². The molecule has 0 atom stereocenters. The van der Waals surface area contributed by atoms with Crippen molar-refractivity contribution < 1.29 is 9.53 Å². The van der Waals surface area contributed by atoms with Crippen LogP contribution in [0.25, 0.3) is 0 Å². The molecule has 0 fully saturated rings. The molecular formula is C14H18N4O2S. The third-order valence-electron chi connectivity index (χ3n) is 3.15. The van der Waals surface area contributed by atoms with Crippen LogP contribution >= 0.6 is 11.8 Å². The second-order valence-electron chi connectivity index (χ2n) is 4.47. The van der Waals surface area contributed by atoms with Crippen molar-refractivity contribution in [1.29, 1.82) is 0 Å². The fourth-order valence-electron chi connectivity index (χ4n) is 1.89. The third kappa shape index (κ3) is 3.83. The maximum absolute atomic E-state index is 11.4. The van der Waals surface area contributed by atoms with Gasteiger partial charge in [0, 0.05) is 12.8 Å². The van der Waals surface area contributed by atoms with Gasteiger partial charge in [-0.2, -0.15) is 0 Å². The fraction of sp³-hybridized carbons (Fsp3) is 0.357. The molecule has 112 valence electrons. The Morgan fingerprint density at radius 3 is 2.67 bits per heavy atom. The fourth-order valence-corrected chi connectivity index (χ4v) is 2.85. The number of carbonyl (C=O) groups excluding carboxylic acids is 1. The standard InChI is InChI=1S/C14H18N4O2S/c1-18-12(8-15)16-17-14(18)21-9-11-6-4-3-5-10(11)7-13(19)20-2/h3-6H,7-9,15H2,1-2H3. The minimum absolute atomic E-state index is 0.239. The van der Waals surface area contributed by atoms with Crippen LogP contribution in [0.2, 0.25) is 0 Å². The summed E-state index contributed by atoms with van der Waals surface area (Å²) in [5, 5.41) is 8.94. The molecule has 0 aliphatic heterocycles. The van der Waals surface area contributed by atoms with Gasteiger partial charge >= 0.3 is 5.97 Å². The number of thioether (sulfide) groups is 1. The van der Waals surface area contributed by atoms with Crippen LogP contribution in [0.1, 0.15) is 17.0 Å². The van der Waals surface area contributed by atoms with Crippen molar-refractivity contribution in [2.75, 3.05) is 7.11 Å². The zero-order chi connectivity index (χ0) is 15.2. The van der Waals surface area contributed by atoms with E-state index in [9.17, 15) is 4.79 Å². The zero-order valence-electron chi connectivity index (χ0n) is 12.1. The molecule has 0 amide bonds. The lowest BCUT2D eigenvalue weighted by atomic mass is 10.1. The zero-order valence-corrected chi connectivity index (χ0v) is 12.9. The lowest BCUT2D eigenvalue weighted by Crippen LogP contribution is -2.07. The Balaban J connectivity index is 2.09. The van der Waals surface area contributed by atoms with Crippen LogP contribution in [0.3, 0.4) is 0 Å². The normalized spacial score (nSPS) is 10.6. The first-order chi connectivity index (χ1) is 10.2. The summed E-state index contributed by atoms with van der Waals surface area (Å²) >= 11 is 1.57. The van der Waals surface area contributed by atoms with Gasteiger partial charge < -0.3 is 15.0 Å². The Bertz CT molecular complexity index is 627. The molecule has 0 spiro atoms. The Labute approximate surface area is 127 Å². The van der Waals surface area contributed by atoms with Gasteiger partial charge in [0.05, 0.1) is 20.1 Å². The van der Waals surface area contributed by atoms with Crippen LogP contribution in [-0.4, -0.2) is 27.8 Å². The minimum Gasteiger partial charge on any atom is -0.469 e. The smallest absolute Gasteiger partial charge is 0.309 e. The Morgan fingerprint density at radius 2 is 2.05 bits per heavy atom. The monoisotopic (exact) mass is 306 g/mol. The molecule has 2 N–H and O–H groups in total. The Hall–Kier alpha value is -1.86. The van der Waals surface area contributed by atoms with Crippen molar-refractivity contribution in [2.24, 2.45) is 12.8 Å². The van der Waals surface area contributed by atoms with Crippen molar-refractivity contribution in [3.8, 4) is 0 Å². The molecule has 0 radical (unpaired) electrons. The molecule has 7 heteroatoms. The second-order valence-corrected chi connectivity index (χ2v) is 5.41. The molecule has 21 heavy (non-hydrogen) atoms. The number of hydrogen-bond acceptors (Lipinski definition) is 6. The van der Waals surface area contributed by atoms with E-state index in [0.717, 1.165) is 22.1 Å². The number of esters is 1. The van der Waals surface area contributed by atoms with Crippen LogP contribution < -0.4 is 5.73 Å². The van der Waals surface area contributed by atoms with Gasteiger partial charge in [-0.25, -0.2) is 0 Å². The lowest BCUT2D eigenvalue weighted by molar-refractivity contribution is -0.139. The number of methoxy groups -OCH3 is 1. The van der Waals surface area contributed by atoms with E-state index in [1.165, 1.54) is 7.11 Å². The predicted octanol–water partition coefficient (Wildman–Crippen LogP) is 1.28. The minimum atomic E-state index is -0.239. The predicted molar refractivity (Wildman–Crippen MR) is 80.6 cm³/mol. The molecule has 0 saturated carbocycles. The van der Waals surface area contributed by atoms with Crippen LogP contribution in [0.4, 0.5) is 0 Å². The SMILES string of the molecule is COC(=O)Cc1ccccc1CSc1nnc(CN)n1C. The summed E-state index contributed by atoms with van der Waals surface area (Å²) in [5.74, 6) is 1.22. The molecule has 2 aromatic rings. The number of nitrogens with two attached hydrogens (primary N) is 1. The number of benzene rings is 1. The molecular weight excluding hydrogens is 288 g/mol. The summed E-state index contributed by atoms with van der Waals surface area (Å²) in [4.78, 5) is 11.4. The average Bonchev–Trinajstić information content (AvgIpc) is 2.86. The van der Waals surface area contributed by atoms with Crippen LogP contribution in [0.5, 0.6) is 0 Å². The van der Waals surface area contributed by atoms with Gasteiger partial charge in [0.2, 0.25) is 0 Å². The molecule has 6 nitrogen and oxygen atoms in total. The number of nitrogens with zero attached hydrogens (tertiary/aromatic N) is 3. The highest BCUT2D eigenvalue weighted by atomic mass is 32.2. The number of ether oxygens (including phenoxy) is 1. The number of rotatable bonds is 6. The Morgan fingerprint density at radius 1 is 1.33 bits per heavy atom. The van der Waals surface area contributed by atoms with Gasteiger partial charge in [-0.3, -0.25) is 4.79 Å². The molecule has 0 aliphatic carbocycles. The first-order valence-corrected chi connectivity index (χ1v) is 7.49. The van der Waals surface area contributed by atoms with Gasteiger partial charge in [-0.1, -0.05) is 36.0 Å². The van der Waals surface area contributed by atoms with Crippen LogP contribution in [0.15, 0.2) is 29.4 Å². The van der Waals surface area contributed by atoms with E-state index in [4.69, 9.17) is 10.5 Å². The van der Waals surface area contributed by atoms with E-state index in [1.54, 1.807) is 11.8 Å². The first kappa shape index (κ1) is 15.5. The summed E-state index contributed by atoms with van der Waals surface area (Å²) in [6, 6.07) is 7.82. The van der Waals surface area contributed by atoms with Gasteiger partial charge in [0.15, 0.2) is 5.16 Å². The van der Waals surface area contributed by atoms with Crippen molar-refractivity contribution in [3.05, 3.63) is 41.2 Å². The maximum atomic E-state index is 11.4. The third-order valence-corrected chi connectivity index (χ3v) is 4.21. The summed E-state index contributed by atoms with van der Waals surface area (Å²) in [6.45, 7) is 0.364. The summed E-state index contributed by atoms with van der Waals surface area (Å²) in [7, 11) is 3.29. The highest BCUT2D eigenvalue weighted by Gasteiger charge is 2.11. The van der Waals surface area contributed by atoms with E-state index in [-0.39, 0.29) is 12.4 Å². The maximum Gasteiger partial charge on any atom is 0.309 e. The van der Waals surface area contributed by atoms with Crippen molar-refractivity contribution >= 4 is 17.7 Å².